The van der Waals surface area contributed by atoms with Crippen molar-refractivity contribution in [3.63, 3.8) is 0 Å². The van der Waals surface area contributed by atoms with Gasteiger partial charge in [-0.15, -0.1) is 22.7 Å². The van der Waals surface area contributed by atoms with Gasteiger partial charge < -0.3 is 142 Å². The summed E-state index contributed by atoms with van der Waals surface area (Å²) in [6.07, 6.45) is -23.9. The number of amides is 8. The van der Waals surface area contributed by atoms with Crippen LogP contribution in [0.2, 0.25) is 0 Å². The second kappa shape index (κ2) is 36.5. The molecular formula is C55H84N20O21S2. The number of aliphatic hydroxyl groups is 8. The third-order valence-electron chi connectivity index (χ3n) is 15.4. The number of nitrogens with two attached hydrogens (primary N) is 7. The van der Waals surface area contributed by atoms with Crippen LogP contribution in [0.25, 0.3) is 10.7 Å². The Labute approximate surface area is 565 Å². The number of H-pyrrole nitrogens is 1. The molecule has 0 bridgehead atoms. The zero-order valence-corrected chi connectivity index (χ0v) is 54.9. The first-order valence-electron chi connectivity index (χ1n) is 30.4. The first-order valence-corrected chi connectivity index (χ1v) is 32.1. The molecule has 8 amide bonds. The van der Waals surface area contributed by atoms with E-state index in [0.29, 0.717) is 41.6 Å². The lowest BCUT2D eigenvalue weighted by Crippen LogP contribution is -2.65. The minimum Gasteiger partial charge on any atom is -0.441 e. The molecule has 2 saturated heterocycles. The quantitative estimate of drug-likeness (QED) is 0.0114. The maximum atomic E-state index is 15.2. The van der Waals surface area contributed by atoms with Gasteiger partial charge in [0.05, 0.1) is 72.7 Å². The van der Waals surface area contributed by atoms with Crippen molar-refractivity contribution >= 4 is 81.9 Å². The van der Waals surface area contributed by atoms with E-state index >= 15 is 4.79 Å². The van der Waals surface area contributed by atoms with Gasteiger partial charge in [0.2, 0.25) is 29.5 Å². The van der Waals surface area contributed by atoms with Crippen LogP contribution in [-0.4, -0.2) is 261 Å². The summed E-state index contributed by atoms with van der Waals surface area (Å²) in [6.45, 7) is 3.39. The summed E-state index contributed by atoms with van der Waals surface area (Å²) >= 11 is 2.46. The second-order valence-corrected chi connectivity index (χ2v) is 24.6. The molecule has 2 aliphatic heterocycles. The molecule has 0 radical (unpaired) electrons. The van der Waals surface area contributed by atoms with Gasteiger partial charge in [0, 0.05) is 55.3 Å². The van der Waals surface area contributed by atoms with E-state index in [9.17, 15) is 74.4 Å². The van der Waals surface area contributed by atoms with E-state index in [1.165, 1.54) is 50.4 Å². The normalized spacial score (nSPS) is 23.6. The van der Waals surface area contributed by atoms with E-state index in [1.54, 1.807) is 10.8 Å². The number of nitrogens with one attached hydrogen (secondary N) is 7. The van der Waals surface area contributed by atoms with E-state index in [0.717, 1.165) is 12.5 Å². The predicted octanol–water partition coefficient (Wildman–Crippen LogP) is -8.92. The number of anilines is 1. The number of hydrogen-bond acceptors (Lipinski definition) is 32. The van der Waals surface area contributed by atoms with Gasteiger partial charge in [0.15, 0.2) is 24.6 Å². The zero-order valence-electron chi connectivity index (χ0n) is 53.3. The first kappa shape index (κ1) is 78.6. The monoisotopic (exact) mass is 1420 g/mol. The van der Waals surface area contributed by atoms with Gasteiger partial charge in [-0.1, -0.05) is 6.92 Å². The third-order valence-corrected chi connectivity index (χ3v) is 17.2. The highest BCUT2D eigenvalue weighted by atomic mass is 32.1. The molecule has 4 aromatic heterocycles. The fourth-order valence-electron chi connectivity index (χ4n) is 9.88. The van der Waals surface area contributed by atoms with Gasteiger partial charge in [-0.25, -0.2) is 29.7 Å². The van der Waals surface area contributed by atoms with Crippen molar-refractivity contribution in [1.29, 1.82) is 0 Å². The Balaban J connectivity index is 1.24. The molecule has 29 N–H and O–H groups in total. The van der Waals surface area contributed by atoms with Crippen LogP contribution in [-0.2, 0) is 54.1 Å². The van der Waals surface area contributed by atoms with Gasteiger partial charge in [-0.2, -0.15) is 0 Å². The van der Waals surface area contributed by atoms with Gasteiger partial charge in [-0.05, 0) is 33.6 Å². The van der Waals surface area contributed by atoms with Crippen molar-refractivity contribution in [2.45, 2.75) is 163 Å². The van der Waals surface area contributed by atoms with Crippen molar-refractivity contribution in [2.24, 2.45) is 45.3 Å². The van der Waals surface area contributed by atoms with Crippen LogP contribution in [0.1, 0.15) is 95.2 Å². The molecule has 19 atom stereocenters. The van der Waals surface area contributed by atoms with Crippen molar-refractivity contribution in [2.75, 3.05) is 45.1 Å². The predicted molar refractivity (Wildman–Crippen MR) is 340 cm³/mol. The highest BCUT2D eigenvalue weighted by Gasteiger charge is 2.54. The number of nitrogens with zero attached hydrogens (tertiary/aromatic N) is 6. The van der Waals surface area contributed by atoms with E-state index in [2.05, 4.69) is 66.8 Å². The smallest absolute Gasteiger partial charge is 0.404 e. The lowest BCUT2D eigenvalue weighted by molar-refractivity contribution is -0.372. The molecule has 43 heteroatoms. The molecule has 4 aromatic rings. The number of nitrogen functional groups attached to an aromatic ring is 1. The number of aromatic amines is 1. The molecule has 0 aromatic carbocycles. The van der Waals surface area contributed by atoms with Gasteiger partial charge in [0.1, 0.15) is 94.6 Å². The number of primary amides is 3. The van der Waals surface area contributed by atoms with Crippen LogP contribution >= 0.6 is 22.7 Å². The second-order valence-electron chi connectivity index (χ2n) is 22.8. The maximum Gasteiger partial charge on any atom is 0.404 e. The summed E-state index contributed by atoms with van der Waals surface area (Å²) in [4.78, 5) is 135. The van der Waals surface area contributed by atoms with Crippen LogP contribution in [0.15, 0.2) is 28.3 Å². The highest BCUT2D eigenvalue weighted by Crippen LogP contribution is 2.35. The maximum absolute atomic E-state index is 15.2. The number of rotatable bonds is 36. The van der Waals surface area contributed by atoms with Crippen molar-refractivity contribution in [1.82, 2.24) is 61.8 Å². The SMILES string of the molecule is Cc1c(N)nc(C(CC(N)=O)NCC(N)C(N)=O)nc1C(=O)NC(C(=O)NC(C)C(O)C(C)C(=O)NC(C(=O)NCCc1nc(-c2nc(C(=O)NCCCCN=C(N)N)cs2)cs1)C(C)O)C(O[C@@H]1O[C@@H](CO)[C@@H](O)[C@H](O)[C@@H]1O[C@H]1O[C@H](CO)[C@@H](O)[C@H](OC(N)=O)[C@@H]1O)c1cnc[nH]1. The van der Waals surface area contributed by atoms with E-state index in [1.807, 2.05) is 0 Å². The molecular weight excluding hydrogens is 1340 g/mol. The average molecular weight is 1430 g/mol. The van der Waals surface area contributed by atoms with Gasteiger partial charge >= 0.3 is 6.09 Å². The number of unbranched alkanes of at least 4 members (excludes halogenated alkanes) is 1. The van der Waals surface area contributed by atoms with Crippen LogP contribution < -0.4 is 72.0 Å². The number of aliphatic imine (C=N–C) groups is 1. The number of thiazole rings is 2. The van der Waals surface area contributed by atoms with Crippen LogP contribution in [0.5, 0.6) is 0 Å². The lowest BCUT2D eigenvalue weighted by atomic mass is 9.96. The van der Waals surface area contributed by atoms with Gasteiger partial charge in [0.25, 0.3) is 11.8 Å². The van der Waals surface area contributed by atoms with Crippen molar-refractivity contribution in [3.8, 4) is 10.7 Å². The molecule has 6 heterocycles. The number of imidazole rings is 1. The molecule has 542 valence electrons. The minimum absolute atomic E-state index is 0.0175. The molecule has 41 nitrogen and oxygen atoms in total. The molecule has 0 spiro atoms. The summed E-state index contributed by atoms with van der Waals surface area (Å²) in [5.41, 5.74) is 38.6. The largest absolute Gasteiger partial charge is 0.441 e. The van der Waals surface area contributed by atoms with Crippen LogP contribution in [0.4, 0.5) is 10.6 Å². The molecule has 0 aliphatic carbocycles. The first-order chi connectivity index (χ1) is 46.3. The third kappa shape index (κ3) is 21.1. The Bertz CT molecular complexity index is 3380. The Morgan fingerprint density at radius 3 is 2.09 bits per heavy atom. The summed E-state index contributed by atoms with van der Waals surface area (Å²) in [5, 5.41) is 108. The summed E-state index contributed by atoms with van der Waals surface area (Å²) in [6, 6.07) is -7.89. The Morgan fingerprint density at radius 2 is 1.46 bits per heavy atom. The van der Waals surface area contributed by atoms with Crippen LogP contribution in [0, 0.1) is 12.8 Å². The molecule has 6 rings (SSSR count). The Hall–Kier alpha value is -8.38. The van der Waals surface area contributed by atoms with E-state index in [-0.39, 0.29) is 60.0 Å². The molecule has 2 fully saturated rings. The van der Waals surface area contributed by atoms with Crippen molar-refractivity contribution < 1.29 is 103 Å². The number of hydrogen-bond donors (Lipinski definition) is 22. The molecule has 98 heavy (non-hydrogen) atoms. The van der Waals surface area contributed by atoms with E-state index < -0.39 is 183 Å². The van der Waals surface area contributed by atoms with Crippen LogP contribution in [0.3, 0.4) is 0 Å². The Morgan fingerprint density at radius 1 is 0.765 bits per heavy atom. The highest BCUT2D eigenvalue weighted by molar-refractivity contribution is 7.14. The average Bonchev–Trinajstić information content (AvgIpc) is 0.925. The molecule has 9 unspecified atom stereocenters. The molecule has 0 saturated carbocycles. The number of carbonyl (C=O) groups excluding carboxylic acids is 8. The standard InChI is InChI=1S/C55H84N20O21S2/c1-19-32(72-45(75-43(19)58)24(11-30(57)79)67-12-23(56)44(59)85)49(89)74-34(40(25-13-63-18-68-25)94-53-42(38(83)36(81)28(14-76)93-53)95-52-39(84)41(96-55(62)91)37(82)29(15-77)92-52)50(90)69-21(3)35(80)20(2)46(86)73-33(22(4)78)48(88)65-10-7-31-70-27(17-97-31)51-71-26(16-98-51)47(87)64-8-5-6-9-66-54(60)61/h13,16-18,20-24,28-29,33-42,52-53,67,76-78,80-84H,5-12,14-15,56H2,1-4H3,(H2,57,79)(H2,59,85)(H2,62,91)(H,63,68)(H,64,87)(H,65,88)(H,69,90)(H,73,86)(H,74,89)(H2,58,72,75)(H4,60,61,66)/t20?,21?,22?,23?,24?,28-,29+,33?,34?,35?,36+,37+,38-,39-,40?,41-,42-,52+,53-/m0/s1. The fourth-order valence-corrected chi connectivity index (χ4v) is 11.5. The minimum atomic E-state index is -2.20. The summed E-state index contributed by atoms with van der Waals surface area (Å²) in [5.74, 6) is -8.85. The number of aromatic nitrogens is 6. The summed E-state index contributed by atoms with van der Waals surface area (Å²) in [7, 11) is 0. The van der Waals surface area contributed by atoms with Gasteiger partial charge in [-0.3, -0.25) is 38.6 Å². The Kier molecular flexibility index (Phi) is 29.2. The molecule has 2 aliphatic rings. The van der Waals surface area contributed by atoms with E-state index in [4.69, 9.17) is 63.8 Å². The van der Waals surface area contributed by atoms with Crippen molar-refractivity contribution in [3.05, 3.63) is 56.8 Å². The fraction of sp³-hybridized carbons (Fsp3) is 0.600. The lowest BCUT2D eigenvalue weighted by Gasteiger charge is -2.47. The topological polar surface area (TPSA) is 691 Å². The summed E-state index contributed by atoms with van der Waals surface area (Å²) < 4.78 is 28.7. The number of carbonyl (C=O) groups is 8. The zero-order chi connectivity index (χ0) is 72.4. The number of ether oxygens (including phenoxy) is 5. The number of guanidine groups is 1. The number of aliphatic hydroxyl groups excluding tert-OH is 8.